The molecular weight excluding hydrogens is 325 g/mol. The lowest BCUT2D eigenvalue weighted by atomic mass is 9.92. The van der Waals surface area contributed by atoms with Crippen molar-refractivity contribution in [3.05, 3.63) is 47.5 Å². The molecule has 0 bridgehead atoms. The molecule has 0 saturated carbocycles. The molecule has 0 spiro atoms. The van der Waals surface area contributed by atoms with E-state index in [4.69, 9.17) is 9.47 Å². The number of aromatic nitrogens is 2. The summed E-state index contributed by atoms with van der Waals surface area (Å²) in [5.74, 6) is -0.260. The Bertz CT molecular complexity index is 762. The monoisotopic (exact) mass is 347 g/mol. The minimum atomic E-state index is -0.537. The quantitative estimate of drug-likeness (QED) is 0.831. The Morgan fingerprint density at radius 1 is 1.36 bits per heavy atom. The summed E-state index contributed by atoms with van der Waals surface area (Å²) in [6.45, 7) is 1.69. The number of methoxy groups -OCH3 is 2. The third-order valence-corrected chi connectivity index (χ3v) is 4.66. The Labute approximate surface area is 146 Å². The molecule has 6 nitrogen and oxygen atoms in total. The van der Waals surface area contributed by atoms with Crippen molar-refractivity contribution < 1.29 is 18.7 Å². The van der Waals surface area contributed by atoms with Gasteiger partial charge in [0.1, 0.15) is 0 Å². The minimum Gasteiger partial charge on any atom is -0.494 e. The first kappa shape index (κ1) is 17.4. The van der Waals surface area contributed by atoms with E-state index in [1.54, 1.807) is 22.8 Å². The summed E-state index contributed by atoms with van der Waals surface area (Å²) in [5.41, 5.74) is 1.40. The molecule has 1 aromatic carbocycles. The maximum absolute atomic E-state index is 13.9. The minimum absolute atomic E-state index is 0.128. The lowest BCUT2D eigenvalue weighted by Crippen LogP contribution is -2.29. The molecule has 1 aliphatic rings. The average molecular weight is 347 g/mol. The maximum atomic E-state index is 13.9. The van der Waals surface area contributed by atoms with Crippen LogP contribution in [-0.2, 0) is 11.8 Å². The molecule has 3 rings (SSSR count). The van der Waals surface area contributed by atoms with Gasteiger partial charge in [-0.25, -0.2) is 4.39 Å². The Morgan fingerprint density at radius 3 is 2.76 bits per heavy atom. The van der Waals surface area contributed by atoms with Crippen molar-refractivity contribution in [3.63, 3.8) is 0 Å². The predicted octanol–water partition coefficient (Wildman–Crippen LogP) is 2.07. The van der Waals surface area contributed by atoms with Crippen molar-refractivity contribution >= 4 is 5.91 Å². The summed E-state index contributed by atoms with van der Waals surface area (Å²) in [5, 5.41) is 4.22. The van der Waals surface area contributed by atoms with E-state index in [1.165, 1.54) is 19.2 Å². The molecule has 7 heteroatoms. The summed E-state index contributed by atoms with van der Waals surface area (Å²) in [7, 11) is 4.92. The van der Waals surface area contributed by atoms with Crippen molar-refractivity contribution in [2.75, 3.05) is 33.9 Å². The number of amides is 1. The van der Waals surface area contributed by atoms with Crippen LogP contribution < -0.4 is 4.74 Å². The zero-order chi connectivity index (χ0) is 18.0. The average Bonchev–Trinajstić information content (AvgIpc) is 3.20. The standard InChI is InChI=1S/C18H22FN3O3/c1-21-8-13(7-20-21)15-10-22(9-14(15)11-24-2)18(23)12-4-5-17(25-3)16(19)6-12/h4-8,14-15H,9-11H2,1-3H3/t14-,15-/m0/s1. The molecule has 1 aromatic heterocycles. The van der Waals surface area contributed by atoms with Crippen molar-refractivity contribution in [1.29, 1.82) is 0 Å². The van der Waals surface area contributed by atoms with E-state index < -0.39 is 5.82 Å². The summed E-state index contributed by atoms with van der Waals surface area (Å²) >= 11 is 0. The molecule has 2 heterocycles. The van der Waals surface area contributed by atoms with Gasteiger partial charge in [-0.1, -0.05) is 0 Å². The van der Waals surface area contributed by atoms with Gasteiger partial charge in [0.15, 0.2) is 11.6 Å². The van der Waals surface area contributed by atoms with E-state index in [1.807, 2.05) is 19.4 Å². The van der Waals surface area contributed by atoms with Crippen LogP contribution in [0.1, 0.15) is 21.8 Å². The van der Waals surface area contributed by atoms with Crippen LogP contribution in [0.25, 0.3) is 0 Å². The first-order valence-corrected chi connectivity index (χ1v) is 8.13. The molecular formula is C18H22FN3O3. The molecule has 1 saturated heterocycles. The first-order chi connectivity index (χ1) is 12.0. The third kappa shape index (κ3) is 3.51. The van der Waals surface area contributed by atoms with E-state index in [9.17, 15) is 9.18 Å². The van der Waals surface area contributed by atoms with Gasteiger partial charge in [-0.05, 0) is 23.8 Å². The molecule has 0 unspecified atom stereocenters. The SMILES string of the molecule is COC[C@@H]1CN(C(=O)c2ccc(OC)c(F)c2)C[C@H]1c1cnn(C)c1. The highest BCUT2D eigenvalue weighted by molar-refractivity contribution is 5.94. The molecule has 1 fully saturated rings. The predicted molar refractivity (Wildman–Crippen MR) is 90.2 cm³/mol. The van der Waals surface area contributed by atoms with Crippen LogP contribution in [0.5, 0.6) is 5.75 Å². The third-order valence-electron chi connectivity index (χ3n) is 4.66. The van der Waals surface area contributed by atoms with Crippen LogP contribution >= 0.6 is 0 Å². The second kappa shape index (κ2) is 7.23. The van der Waals surface area contributed by atoms with Gasteiger partial charge in [0, 0.05) is 50.8 Å². The fourth-order valence-electron chi connectivity index (χ4n) is 3.41. The first-order valence-electron chi connectivity index (χ1n) is 8.13. The molecule has 0 aliphatic carbocycles. The lowest BCUT2D eigenvalue weighted by molar-refractivity contribution is 0.0775. The largest absolute Gasteiger partial charge is 0.494 e. The van der Waals surface area contributed by atoms with Crippen LogP contribution in [0.4, 0.5) is 4.39 Å². The lowest BCUT2D eigenvalue weighted by Gasteiger charge is -2.16. The van der Waals surface area contributed by atoms with Gasteiger partial charge in [0.2, 0.25) is 0 Å². The van der Waals surface area contributed by atoms with Gasteiger partial charge in [-0.2, -0.15) is 5.10 Å². The van der Waals surface area contributed by atoms with Crippen molar-refractivity contribution in [2.24, 2.45) is 13.0 Å². The van der Waals surface area contributed by atoms with Gasteiger partial charge in [-0.15, -0.1) is 0 Å². The zero-order valence-corrected chi connectivity index (χ0v) is 14.6. The number of nitrogens with zero attached hydrogens (tertiary/aromatic N) is 3. The van der Waals surface area contributed by atoms with Gasteiger partial charge >= 0.3 is 0 Å². The number of carbonyl (C=O) groups excluding carboxylic acids is 1. The Morgan fingerprint density at radius 2 is 2.16 bits per heavy atom. The number of hydrogen-bond donors (Lipinski definition) is 0. The molecule has 1 aliphatic heterocycles. The van der Waals surface area contributed by atoms with E-state index in [0.29, 0.717) is 25.3 Å². The van der Waals surface area contributed by atoms with Gasteiger partial charge in [0.25, 0.3) is 5.91 Å². The van der Waals surface area contributed by atoms with Gasteiger partial charge < -0.3 is 14.4 Å². The van der Waals surface area contributed by atoms with Crippen LogP contribution in [0.3, 0.4) is 0 Å². The zero-order valence-electron chi connectivity index (χ0n) is 14.6. The summed E-state index contributed by atoms with van der Waals surface area (Å²) in [4.78, 5) is 14.5. The second-order valence-electron chi connectivity index (χ2n) is 6.33. The topological polar surface area (TPSA) is 56.6 Å². The Kier molecular flexibility index (Phi) is 5.03. The Hall–Kier alpha value is -2.41. The highest BCUT2D eigenvalue weighted by atomic mass is 19.1. The number of hydrogen-bond acceptors (Lipinski definition) is 4. The van der Waals surface area contributed by atoms with Crippen LogP contribution in [-0.4, -0.2) is 54.5 Å². The number of aryl methyl sites for hydroxylation is 1. The fraction of sp³-hybridized carbons (Fsp3) is 0.444. The summed E-state index contributed by atoms with van der Waals surface area (Å²) in [6.07, 6.45) is 3.79. The van der Waals surface area contributed by atoms with Gasteiger partial charge in [-0.3, -0.25) is 9.48 Å². The number of rotatable bonds is 5. The maximum Gasteiger partial charge on any atom is 0.253 e. The summed E-state index contributed by atoms with van der Waals surface area (Å²) < 4.78 is 25.9. The van der Waals surface area contributed by atoms with E-state index >= 15 is 0 Å². The van der Waals surface area contributed by atoms with Crippen molar-refractivity contribution in [1.82, 2.24) is 14.7 Å². The smallest absolute Gasteiger partial charge is 0.253 e. The van der Waals surface area contributed by atoms with E-state index in [2.05, 4.69) is 5.10 Å². The molecule has 0 N–H and O–H groups in total. The molecule has 134 valence electrons. The highest BCUT2D eigenvalue weighted by Gasteiger charge is 2.37. The van der Waals surface area contributed by atoms with Crippen LogP contribution in [0, 0.1) is 11.7 Å². The number of likely N-dealkylation sites (tertiary alicyclic amines) is 1. The molecule has 2 atom stereocenters. The molecule has 1 amide bonds. The van der Waals surface area contributed by atoms with E-state index in [-0.39, 0.29) is 23.5 Å². The highest BCUT2D eigenvalue weighted by Crippen LogP contribution is 2.33. The van der Waals surface area contributed by atoms with Crippen molar-refractivity contribution in [2.45, 2.75) is 5.92 Å². The van der Waals surface area contributed by atoms with Gasteiger partial charge in [0.05, 0.1) is 19.9 Å². The fourth-order valence-corrected chi connectivity index (χ4v) is 3.41. The Balaban J connectivity index is 1.80. The molecule has 25 heavy (non-hydrogen) atoms. The summed E-state index contributed by atoms with van der Waals surface area (Å²) in [6, 6.07) is 4.29. The molecule has 0 radical (unpaired) electrons. The van der Waals surface area contributed by atoms with E-state index in [0.717, 1.165) is 5.56 Å². The number of halogens is 1. The number of benzene rings is 1. The second-order valence-corrected chi connectivity index (χ2v) is 6.33. The molecule has 2 aromatic rings. The normalized spacial score (nSPS) is 20.1. The van der Waals surface area contributed by atoms with Crippen LogP contribution in [0.15, 0.2) is 30.6 Å². The number of carbonyl (C=O) groups is 1. The number of ether oxygens (including phenoxy) is 2. The van der Waals surface area contributed by atoms with Crippen LogP contribution in [0.2, 0.25) is 0 Å². The van der Waals surface area contributed by atoms with Crippen molar-refractivity contribution in [3.8, 4) is 5.75 Å².